The summed E-state index contributed by atoms with van der Waals surface area (Å²) < 4.78 is 21.9. The lowest BCUT2D eigenvalue weighted by Crippen LogP contribution is -2.13. The first kappa shape index (κ1) is 13.0. The lowest BCUT2D eigenvalue weighted by atomic mass is 10.2. The van der Waals surface area contributed by atoms with E-state index in [1.807, 2.05) is 12.1 Å². The second kappa shape index (κ2) is 5.30. The van der Waals surface area contributed by atoms with Gasteiger partial charge >= 0.3 is 0 Å². The first-order chi connectivity index (χ1) is 7.97. The zero-order chi connectivity index (χ0) is 12.9. The van der Waals surface area contributed by atoms with Crippen molar-refractivity contribution < 1.29 is 8.42 Å². The summed E-state index contributed by atoms with van der Waals surface area (Å²) in [5.41, 5.74) is 0.618. The number of sulfonamides is 1. The number of nitrogens with one attached hydrogen (secondary N) is 1. The molecule has 17 heavy (non-hydrogen) atoms. The van der Waals surface area contributed by atoms with E-state index in [2.05, 4.69) is 5.32 Å². The van der Waals surface area contributed by atoms with E-state index in [9.17, 15) is 8.42 Å². The molecule has 1 aromatic carbocycles. The maximum Gasteiger partial charge on any atom is 0.238 e. The maximum absolute atomic E-state index is 11.0. The van der Waals surface area contributed by atoms with Gasteiger partial charge in [0.15, 0.2) is 0 Å². The fourth-order valence-corrected chi connectivity index (χ4v) is 1.62. The van der Waals surface area contributed by atoms with Gasteiger partial charge in [-0.3, -0.25) is 0 Å². The Morgan fingerprint density at radius 2 is 1.76 bits per heavy atom. The molecule has 3 N–H and O–H groups in total. The molecule has 0 amide bonds. The van der Waals surface area contributed by atoms with E-state index in [4.69, 9.17) is 15.7 Å². The number of nitriles is 2. The molecule has 0 aromatic heterocycles. The number of benzene rings is 1. The molecular formula is C10H10N4O2S. The summed E-state index contributed by atoms with van der Waals surface area (Å²) in [6.45, 7) is 0.182. The largest absolute Gasteiger partial charge is 0.383 e. The van der Waals surface area contributed by atoms with Crippen LogP contribution in [0.4, 0.5) is 5.69 Å². The SMILES string of the molecule is N#CC(C#N)CNc1ccc(S(N)(=O)=O)cc1. The average molecular weight is 250 g/mol. The van der Waals surface area contributed by atoms with Gasteiger partial charge in [-0.25, -0.2) is 13.6 Å². The predicted octanol–water partition coefficient (Wildman–Crippen LogP) is 0.409. The van der Waals surface area contributed by atoms with E-state index < -0.39 is 15.9 Å². The minimum Gasteiger partial charge on any atom is -0.383 e. The predicted molar refractivity (Wildman–Crippen MR) is 61.0 cm³/mol. The van der Waals surface area contributed by atoms with E-state index >= 15 is 0 Å². The Hall–Kier alpha value is -2.09. The zero-order valence-corrected chi connectivity index (χ0v) is 9.61. The smallest absolute Gasteiger partial charge is 0.238 e. The van der Waals surface area contributed by atoms with Crippen molar-refractivity contribution in [1.82, 2.24) is 0 Å². The molecule has 0 fully saturated rings. The number of primary sulfonamides is 1. The van der Waals surface area contributed by atoms with Crippen molar-refractivity contribution >= 4 is 15.7 Å². The van der Waals surface area contributed by atoms with E-state index in [0.717, 1.165) is 0 Å². The van der Waals surface area contributed by atoms with Crippen molar-refractivity contribution in [2.24, 2.45) is 11.1 Å². The lowest BCUT2D eigenvalue weighted by molar-refractivity contribution is 0.598. The second-order valence-corrected chi connectivity index (χ2v) is 4.82. The van der Waals surface area contributed by atoms with Gasteiger partial charge in [-0.15, -0.1) is 0 Å². The molecule has 1 rings (SSSR count). The van der Waals surface area contributed by atoms with Crippen LogP contribution in [0.2, 0.25) is 0 Å². The number of rotatable bonds is 4. The van der Waals surface area contributed by atoms with Crippen molar-refractivity contribution in [3.8, 4) is 12.1 Å². The van der Waals surface area contributed by atoms with Gasteiger partial charge in [0.1, 0.15) is 5.92 Å². The fourth-order valence-electron chi connectivity index (χ4n) is 1.10. The molecule has 0 aliphatic carbocycles. The number of nitrogens with zero attached hydrogens (tertiary/aromatic N) is 2. The standard InChI is InChI=1S/C10H10N4O2S/c11-5-8(6-12)7-14-9-1-3-10(4-2-9)17(13,15)16/h1-4,8,14H,7H2,(H2,13,15,16). The Morgan fingerprint density at radius 3 is 2.18 bits per heavy atom. The molecule has 0 atom stereocenters. The van der Waals surface area contributed by atoms with Crippen molar-refractivity contribution in [1.29, 1.82) is 10.5 Å². The minimum absolute atomic E-state index is 0.0140. The molecular weight excluding hydrogens is 240 g/mol. The summed E-state index contributed by atoms with van der Waals surface area (Å²) in [5.74, 6) is -0.743. The van der Waals surface area contributed by atoms with Gasteiger partial charge < -0.3 is 5.32 Å². The van der Waals surface area contributed by atoms with Crippen molar-refractivity contribution in [3.05, 3.63) is 24.3 Å². The number of nitrogens with two attached hydrogens (primary N) is 1. The molecule has 0 spiro atoms. The minimum atomic E-state index is -3.69. The van der Waals surface area contributed by atoms with Crippen LogP contribution in [0.15, 0.2) is 29.2 Å². The van der Waals surface area contributed by atoms with Gasteiger partial charge in [-0.1, -0.05) is 0 Å². The summed E-state index contributed by atoms with van der Waals surface area (Å²) in [7, 11) is -3.69. The van der Waals surface area contributed by atoms with Crippen LogP contribution in [0.5, 0.6) is 0 Å². The van der Waals surface area contributed by atoms with Crippen LogP contribution < -0.4 is 10.5 Å². The number of anilines is 1. The molecule has 0 bridgehead atoms. The van der Waals surface area contributed by atoms with Crippen molar-refractivity contribution in [2.75, 3.05) is 11.9 Å². The quantitative estimate of drug-likeness (QED) is 0.801. The van der Waals surface area contributed by atoms with Crippen molar-refractivity contribution in [3.63, 3.8) is 0 Å². The van der Waals surface area contributed by atoms with Crippen LogP contribution >= 0.6 is 0 Å². The Labute approximate surface area is 99.3 Å². The molecule has 0 saturated heterocycles. The highest BCUT2D eigenvalue weighted by molar-refractivity contribution is 7.89. The second-order valence-electron chi connectivity index (χ2n) is 3.26. The molecule has 0 heterocycles. The normalized spacial score (nSPS) is 10.6. The highest BCUT2D eigenvalue weighted by Crippen LogP contribution is 2.12. The van der Waals surface area contributed by atoms with Crippen LogP contribution in [0.3, 0.4) is 0 Å². The van der Waals surface area contributed by atoms with Crippen LogP contribution in [0.25, 0.3) is 0 Å². The molecule has 0 unspecified atom stereocenters. The summed E-state index contributed by atoms with van der Waals surface area (Å²) in [6, 6.07) is 9.38. The molecule has 0 aliphatic heterocycles. The number of hydrogen-bond acceptors (Lipinski definition) is 5. The van der Waals surface area contributed by atoms with Gasteiger partial charge in [-0.2, -0.15) is 10.5 Å². The Bertz CT molecular complexity index is 552. The molecule has 0 saturated carbocycles. The Kier molecular flexibility index (Phi) is 4.05. The molecule has 1 aromatic rings. The van der Waals surface area contributed by atoms with Crippen molar-refractivity contribution in [2.45, 2.75) is 4.90 Å². The van der Waals surface area contributed by atoms with Gasteiger partial charge in [0.05, 0.1) is 17.0 Å². The van der Waals surface area contributed by atoms with Gasteiger partial charge in [-0.05, 0) is 24.3 Å². The third-order valence-corrected chi connectivity index (χ3v) is 2.93. The molecule has 6 nitrogen and oxygen atoms in total. The third kappa shape index (κ3) is 3.76. The Balaban J connectivity index is 2.71. The highest BCUT2D eigenvalue weighted by Gasteiger charge is 2.08. The summed E-state index contributed by atoms with van der Waals surface area (Å²) in [5, 5.41) is 24.9. The third-order valence-electron chi connectivity index (χ3n) is 2.00. The summed E-state index contributed by atoms with van der Waals surface area (Å²) in [4.78, 5) is 0.0140. The summed E-state index contributed by atoms with van der Waals surface area (Å²) >= 11 is 0. The molecule has 7 heteroatoms. The van der Waals surface area contributed by atoms with Gasteiger partial charge in [0.2, 0.25) is 10.0 Å². The molecule has 88 valence electrons. The number of hydrogen-bond donors (Lipinski definition) is 2. The summed E-state index contributed by atoms with van der Waals surface area (Å²) in [6.07, 6.45) is 0. The fraction of sp³-hybridized carbons (Fsp3) is 0.200. The zero-order valence-electron chi connectivity index (χ0n) is 8.79. The van der Waals surface area contributed by atoms with E-state index in [1.54, 1.807) is 0 Å². The highest BCUT2D eigenvalue weighted by atomic mass is 32.2. The monoisotopic (exact) mass is 250 g/mol. The maximum atomic E-state index is 11.0. The molecule has 0 aliphatic rings. The first-order valence-electron chi connectivity index (χ1n) is 4.63. The average Bonchev–Trinajstić information content (AvgIpc) is 2.30. The van der Waals surface area contributed by atoms with E-state index in [-0.39, 0.29) is 11.4 Å². The van der Waals surface area contributed by atoms with Crippen LogP contribution in [0, 0.1) is 28.6 Å². The lowest BCUT2D eigenvalue weighted by Gasteiger charge is -2.06. The van der Waals surface area contributed by atoms with Gasteiger partial charge in [0.25, 0.3) is 0 Å². The van der Waals surface area contributed by atoms with E-state index in [0.29, 0.717) is 5.69 Å². The molecule has 0 radical (unpaired) electrons. The van der Waals surface area contributed by atoms with Crippen LogP contribution in [-0.4, -0.2) is 15.0 Å². The van der Waals surface area contributed by atoms with Gasteiger partial charge in [0, 0.05) is 12.2 Å². The van der Waals surface area contributed by atoms with E-state index in [1.165, 1.54) is 24.3 Å². The first-order valence-corrected chi connectivity index (χ1v) is 6.18. The Morgan fingerprint density at radius 1 is 1.24 bits per heavy atom. The van der Waals surface area contributed by atoms with Crippen LogP contribution in [0.1, 0.15) is 0 Å². The topological polar surface area (TPSA) is 120 Å². The van der Waals surface area contributed by atoms with Crippen LogP contribution in [-0.2, 0) is 10.0 Å².